The van der Waals surface area contributed by atoms with Crippen molar-refractivity contribution in [2.45, 2.75) is 25.9 Å². The van der Waals surface area contributed by atoms with Crippen molar-refractivity contribution in [3.05, 3.63) is 28.2 Å². The number of aryl methyl sites for hydroxylation is 1. The summed E-state index contributed by atoms with van der Waals surface area (Å²) in [7, 11) is 0. The molecule has 0 spiro atoms. The van der Waals surface area contributed by atoms with Crippen molar-refractivity contribution in [1.82, 2.24) is 24.9 Å². The predicted octanol–water partition coefficient (Wildman–Crippen LogP) is 2.80. The van der Waals surface area contributed by atoms with E-state index < -0.39 is 18.6 Å². The number of nitrogens with one attached hydrogen (secondary N) is 2. The fraction of sp³-hybridized carbons (Fsp3) is 0.353. The predicted molar refractivity (Wildman–Crippen MR) is 98.6 cm³/mol. The number of fused-ring (bicyclic) bond motifs is 1. The van der Waals surface area contributed by atoms with E-state index in [1.54, 1.807) is 30.6 Å². The van der Waals surface area contributed by atoms with E-state index in [1.807, 2.05) is 0 Å². The second-order valence-electron chi connectivity index (χ2n) is 6.63. The van der Waals surface area contributed by atoms with Crippen LogP contribution in [0.3, 0.4) is 0 Å². The van der Waals surface area contributed by atoms with E-state index in [0.717, 1.165) is 24.2 Å². The first-order chi connectivity index (χ1) is 13.7. The summed E-state index contributed by atoms with van der Waals surface area (Å²) >= 11 is 0.985. The second-order valence-corrected chi connectivity index (χ2v) is 7.84. The smallest absolute Gasteiger partial charge is 0.341 e. The van der Waals surface area contributed by atoms with Gasteiger partial charge in [0.05, 0.1) is 6.20 Å². The maximum atomic E-state index is 12.3. The van der Waals surface area contributed by atoms with E-state index >= 15 is 0 Å². The van der Waals surface area contributed by atoms with Crippen molar-refractivity contribution in [3.8, 4) is 11.4 Å². The molecule has 2 N–H and O–H groups in total. The maximum absolute atomic E-state index is 12.3. The minimum Gasteiger partial charge on any atom is -0.341 e. The topological polar surface area (TPSA) is 101 Å². The third-order valence-corrected chi connectivity index (χ3v) is 5.17. The molecule has 3 aromatic rings. The van der Waals surface area contributed by atoms with Gasteiger partial charge in [0.25, 0.3) is 5.91 Å². The number of carbonyl (C=O) groups excluding carboxylic acids is 2. The van der Waals surface area contributed by atoms with Crippen LogP contribution in [-0.2, 0) is 4.79 Å². The van der Waals surface area contributed by atoms with E-state index in [-0.39, 0.29) is 16.8 Å². The molecule has 152 valence electrons. The largest absolute Gasteiger partial charge is 0.405 e. The van der Waals surface area contributed by atoms with E-state index in [9.17, 15) is 22.8 Å². The highest BCUT2D eigenvalue weighted by Gasteiger charge is 2.30. The number of rotatable bonds is 5. The lowest BCUT2D eigenvalue weighted by molar-refractivity contribution is -0.123. The van der Waals surface area contributed by atoms with Gasteiger partial charge in [-0.2, -0.15) is 18.3 Å². The van der Waals surface area contributed by atoms with Gasteiger partial charge in [-0.25, -0.2) is 14.5 Å². The van der Waals surface area contributed by atoms with Gasteiger partial charge in [0.1, 0.15) is 17.9 Å². The Balaban J connectivity index is 1.55. The number of carbonyl (C=O) groups is 2. The number of thiazole rings is 1. The maximum Gasteiger partial charge on any atom is 0.405 e. The summed E-state index contributed by atoms with van der Waals surface area (Å²) in [4.78, 5) is 32.9. The highest BCUT2D eigenvalue weighted by Crippen LogP contribution is 2.30. The molecule has 2 amide bonds. The van der Waals surface area contributed by atoms with Gasteiger partial charge in [0, 0.05) is 10.8 Å². The third kappa shape index (κ3) is 4.36. The average molecular weight is 424 g/mol. The molecule has 4 rings (SSSR count). The summed E-state index contributed by atoms with van der Waals surface area (Å²) in [6.07, 6.45) is -1.17. The first-order valence-corrected chi connectivity index (χ1v) is 9.51. The van der Waals surface area contributed by atoms with E-state index in [1.165, 1.54) is 4.52 Å². The highest BCUT2D eigenvalue weighted by atomic mass is 32.1. The third-order valence-electron chi connectivity index (χ3n) is 4.20. The van der Waals surface area contributed by atoms with Gasteiger partial charge in [0.2, 0.25) is 5.91 Å². The molecular weight excluding hydrogens is 409 g/mol. The van der Waals surface area contributed by atoms with Gasteiger partial charge in [-0.15, -0.1) is 11.3 Å². The number of hydrogen-bond acceptors (Lipinski definition) is 6. The summed E-state index contributed by atoms with van der Waals surface area (Å²) in [5, 5.41) is 8.86. The molecule has 29 heavy (non-hydrogen) atoms. The van der Waals surface area contributed by atoms with Gasteiger partial charge >= 0.3 is 6.18 Å². The quantitative estimate of drug-likeness (QED) is 0.656. The Labute approximate surface area is 166 Å². The van der Waals surface area contributed by atoms with Crippen LogP contribution in [0.25, 0.3) is 17.0 Å². The van der Waals surface area contributed by atoms with Crippen LogP contribution in [-0.4, -0.2) is 44.1 Å². The standard InChI is InChI=1S/C17H15F3N6O2S/c1-8-13(24-16(29-8)15(28)21-7-17(18,19)20)10-4-5-12-22-11(6-26(12)25-10)23-14(27)9-2-3-9/h4-6,9H,2-3,7H2,1H3,(H,21,28)(H,23,27). The molecule has 3 heterocycles. The van der Waals surface area contributed by atoms with Gasteiger partial charge < -0.3 is 10.6 Å². The van der Waals surface area contributed by atoms with E-state index in [0.29, 0.717) is 27.7 Å². The van der Waals surface area contributed by atoms with Crippen LogP contribution in [0, 0.1) is 12.8 Å². The Morgan fingerprint density at radius 3 is 2.72 bits per heavy atom. The van der Waals surface area contributed by atoms with Crippen molar-refractivity contribution >= 4 is 34.6 Å². The zero-order valence-electron chi connectivity index (χ0n) is 15.1. The lowest BCUT2D eigenvalue weighted by atomic mass is 10.2. The van der Waals surface area contributed by atoms with Crippen molar-refractivity contribution in [1.29, 1.82) is 0 Å². The van der Waals surface area contributed by atoms with Gasteiger partial charge in [-0.05, 0) is 31.9 Å². The number of hydrogen-bond donors (Lipinski definition) is 2. The molecular formula is C17H15F3N6O2S. The summed E-state index contributed by atoms with van der Waals surface area (Å²) < 4.78 is 38.3. The van der Waals surface area contributed by atoms with Gasteiger partial charge in [0.15, 0.2) is 16.5 Å². The number of alkyl halides is 3. The van der Waals surface area contributed by atoms with Crippen LogP contribution in [0.15, 0.2) is 18.3 Å². The summed E-state index contributed by atoms with van der Waals surface area (Å²) in [5.74, 6) is -0.536. The Bertz CT molecular complexity index is 1100. The lowest BCUT2D eigenvalue weighted by Crippen LogP contribution is -2.33. The minimum atomic E-state index is -4.49. The summed E-state index contributed by atoms with van der Waals surface area (Å²) in [5.41, 5.74) is 1.33. The lowest BCUT2D eigenvalue weighted by Gasteiger charge is -2.06. The van der Waals surface area contributed by atoms with Crippen LogP contribution in [0.2, 0.25) is 0 Å². The van der Waals surface area contributed by atoms with E-state index in [2.05, 4.69) is 20.4 Å². The second kappa shape index (κ2) is 7.10. The SMILES string of the molecule is Cc1sc(C(=O)NCC(F)(F)F)nc1-c1ccc2nc(NC(=O)C3CC3)cn2n1. The number of anilines is 1. The Morgan fingerprint density at radius 1 is 1.28 bits per heavy atom. The Kier molecular flexibility index (Phi) is 4.73. The molecule has 1 saturated carbocycles. The average Bonchev–Trinajstić information content (AvgIpc) is 3.32. The normalized spacial score (nSPS) is 14.2. The number of imidazole rings is 1. The van der Waals surface area contributed by atoms with Crippen molar-refractivity contribution < 1.29 is 22.8 Å². The molecule has 0 bridgehead atoms. The molecule has 1 aliphatic carbocycles. The molecule has 0 unspecified atom stereocenters. The number of amides is 2. The molecule has 3 aromatic heterocycles. The minimum absolute atomic E-state index is 0.0444. The molecule has 0 saturated heterocycles. The Morgan fingerprint density at radius 2 is 2.03 bits per heavy atom. The van der Waals surface area contributed by atoms with E-state index in [4.69, 9.17) is 0 Å². The van der Waals surface area contributed by atoms with Crippen molar-refractivity contribution in [3.63, 3.8) is 0 Å². The first-order valence-electron chi connectivity index (χ1n) is 8.69. The molecule has 0 radical (unpaired) electrons. The van der Waals surface area contributed by atoms with Gasteiger partial charge in [-0.1, -0.05) is 0 Å². The van der Waals surface area contributed by atoms with Crippen LogP contribution in [0.1, 0.15) is 27.5 Å². The van der Waals surface area contributed by atoms with Crippen molar-refractivity contribution in [2.24, 2.45) is 5.92 Å². The molecule has 12 heteroatoms. The molecule has 0 aromatic carbocycles. The molecule has 0 atom stereocenters. The fourth-order valence-electron chi connectivity index (χ4n) is 2.63. The summed E-state index contributed by atoms with van der Waals surface area (Å²) in [6, 6.07) is 3.32. The zero-order valence-corrected chi connectivity index (χ0v) is 15.9. The number of nitrogens with zero attached hydrogens (tertiary/aromatic N) is 4. The van der Waals surface area contributed by atoms with Crippen LogP contribution in [0.5, 0.6) is 0 Å². The molecule has 8 nitrogen and oxygen atoms in total. The van der Waals surface area contributed by atoms with Crippen molar-refractivity contribution in [2.75, 3.05) is 11.9 Å². The molecule has 1 aliphatic rings. The van der Waals surface area contributed by atoms with Crippen LogP contribution < -0.4 is 10.6 Å². The Hall–Kier alpha value is -3.02. The first kappa shape index (κ1) is 19.3. The van der Waals surface area contributed by atoms with Gasteiger partial charge in [-0.3, -0.25) is 9.59 Å². The molecule has 0 aliphatic heterocycles. The number of halogens is 3. The summed E-state index contributed by atoms with van der Waals surface area (Å²) in [6.45, 7) is 0.281. The zero-order chi connectivity index (χ0) is 20.8. The monoisotopic (exact) mass is 424 g/mol. The highest BCUT2D eigenvalue weighted by molar-refractivity contribution is 7.14. The van der Waals surface area contributed by atoms with Crippen LogP contribution >= 0.6 is 11.3 Å². The van der Waals surface area contributed by atoms with Crippen LogP contribution in [0.4, 0.5) is 19.0 Å². The number of aromatic nitrogens is 4. The fourth-order valence-corrected chi connectivity index (χ4v) is 3.47. The molecule has 1 fully saturated rings.